The number of carbonyl (C=O) groups is 1. The Morgan fingerprint density at radius 3 is 2.48 bits per heavy atom. The van der Waals surface area contributed by atoms with E-state index in [-0.39, 0.29) is 17.8 Å². The van der Waals surface area contributed by atoms with Crippen LogP contribution in [0.25, 0.3) is 0 Å². The van der Waals surface area contributed by atoms with E-state index < -0.39 is 18.1 Å². The van der Waals surface area contributed by atoms with Crippen LogP contribution in [0.4, 0.5) is 4.39 Å². The molecule has 0 aliphatic rings. The fraction of sp³-hybridized carbons (Fsp3) is 0.562. The highest BCUT2D eigenvalue weighted by Gasteiger charge is 2.26. The van der Waals surface area contributed by atoms with Gasteiger partial charge in [0.1, 0.15) is 5.82 Å². The third-order valence-electron chi connectivity index (χ3n) is 3.19. The molecule has 0 radical (unpaired) electrons. The van der Waals surface area contributed by atoms with Crippen molar-refractivity contribution in [3.05, 3.63) is 35.1 Å². The third kappa shape index (κ3) is 5.81. The van der Waals surface area contributed by atoms with Crippen molar-refractivity contribution in [1.29, 1.82) is 0 Å². The average molecular weight is 297 g/mol. The van der Waals surface area contributed by atoms with E-state index in [1.807, 2.05) is 20.8 Å². The SMILES string of the molecule is Cc1cc(C(O)C(CCC(=O)O)NC(C)(C)C)ccc1F. The molecule has 0 heterocycles. The van der Waals surface area contributed by atoms with Gasteiger partial charge >= 0.3 is 5.97 Å². The van der Waals surface area contributed by atoms with Crippen molar-refractivity contribution >= 4 is 5.97 Å². The zero-order valence-electron chi connectivity index (χ0n) is 13.0. The molecule has 0 aromatic heterocycles. The maximum atomic E-state index is 13.3. The van der Waals surface area contributed by atoms with Crippen LogP contribution in [0.15, 0.2) is 18.2 Å². The lowest BCUT2D eigenvalue weighted by molar-refractivity contribution is -0.137. The molecule has 0 amide bonds. The molecular formula is C16H24FNO3. The molecule has 0 saturated carbocycles. The van der Waals surface area contributed by atoms with Crippen molar-refractivity contribution in [3.63, 3.8) is 0 Å². The van der Waals surface area contributed by atoms with E-state index in [1.54, 1.807) is 13.0 Å². The Hall–Kier alpha value is -1.46. The molecule has 21 heavy (non-hydrogen) atoms. The molecule has 0 bridgehead atoms. The number of nitrogens with one attached hydrogen (secondary N) is 1. The number of hydrogen-bond donors (Lipinski definition) is 3. The topological polar surface area (TPSA) is 69.6 Å². The normalized spacial score (nSPS) is 14.8. The summed E-state index contributed by atoms with van der Waals surface area (Å²) in [5.74, 6) is -1.23. The van der Waals surface area contributed by atoms with Crippen LogP contribution in [-0.2, 0) is 4.79 Å². The van der Waals surface area contributed by atoms with E-state index in [0.29, 0.717) is 17.5 Å². The average Bonchev–Trinajstić information content (AvgIpc) is 2.35. The summed E-state index contributed by atoms with van der Waals surface area (Å²) in [6.07, 6.45) is -0.627. The zero-order valence-corrected chi connectivity index (χ0v) is 13.0. The van der Waals surface area contributed by atoms with Crippen LogP contribution in [0.5, 0.6) is 0 Å². The second kappa shape index (κ2) is 7.00. The molecule has 1 aromatic carbocycles. The van der Waals surface area contributed by atoms with Gasteiger partial charge in [-0.1, -0.05) is 12.1 Å². The van der Waals surface area contributed by atoms with Gasteiger partial charge in [-0.3, -0.25) is 4.79 Å². The first-order valence-corrected chi connectivity index (χ1v) is 7.04. The fourth-order valence-corrected chi connectivity index (χ4v) is 2.23. The first-order chi connectivity index (χ1) is 9.60. The lowest BCUT2D eigenvalue weighted by Gasteiger charge is -2.32. The Balaban J connectivity index is 2.94. The summed E-state index contributed by atoms with van der Waals surface area (Å²) in [4.78, 5) is 10.8. The van der Waals surface area contributed by atoms with E-state index >= 15 is 0 Å². The van der Waals surface area contributed by atoms with Gasteiger partial charge in [-0.05, 0) is 51.3 Å². The number of aryl methyl sites for hydroxylation is 1. The Labute approximate surface area is 125 Å². The monoisotopic (exact) mass is 297 g/mol. The van der Waals surface area contributed by atoms with Crippen LogP contribution in [0.2, 0.25) is 0 Å². The smallest absolute Gasteiger partial charge is 0.303 e. The predicted molar refractivity (Wildman–Crippen MR) is 79.6 cm³/mol. The Bertz CT molecular complexity index is 497. The van der Waals surface area contributed by atoms with Gasteiger partial charge in [-0.25, -0.2) is 4.39 Å². The summed E-state index contributed by atoms with van der Waals surface area (Å²) in [7, 11) is 0. The van der Waals surface area contributed by atoms with Crippen LogP contribution in [0, 0.1) is 12.7 Å². The summed E-state index contributed by atoms with van der Waals surface area (Å²) in [6.45, 7) is 7.48. The zero-order chi connectivity index (χ0) is 16.2. The van der Waals surface area contributed by atoms with Crippen molar-refractivity contribution in [2.24, 2.45) is 0 Å². The third-order valence-corrected chi connectivity index (χ3v) is 3.19. The summed E-state index contributed by atoms with van der Waals surface area (Å²) < 4.78 is 13.3. The molecule has 4 nitrogen and oxygen atoms in total. The summed E-state index contributed by atoms with van der Waals surface area (Å²) in [5, 5.41) is 22.6. The van der Waals surface area contributed by atoms with Crippen molar-refractivity contribution in [1.82, 2.24) is 5.32 Å². The lowest BCUT2D eigenvalue weighted by atomic mass is 9.94. The van der Waals surface area contributed by atoms with Gasteiger partial charge in [-0.2, -0.15) is 0 Å². The van der Waals surface area contributed by atoms with Gasteiger partial charge in [0.05, 0.1) is 6.10 Å². The molecule has 0 saturated heterocycles. The van der Waals surface area contributed by atoms with Crippen molar-refractivity contribution in [2.75, 3.05) is 0 Å². The standard InChI is InChI=1S/C16H24FNO3/c1-10-9-11(5-6-12(10)17)15(21)13(7-8-14(19)20)18-16(2,3)4/h5-6,9,13,15,18,21H,7-8H2,1-4H3,(H,19,20). The van der Waals surface area contributed by atoms with Gasteiger partial charge in [0, 0.05) is 18.0 Å². The molecule has 0 aliphatic heterocycles. The van der Waals surface area contributed by atoms with E-state index in [1.165, 1.54) is 12.1 Å². The van der Waals surface area contributed by atoms with E-state index in [4.69, 9.17) is 5.11 Å². The number of halogens is 1. The molecule has 2 unspecified atom stereocenters. The van der Waals surface area contributed by atoms with Gasteiger partial charge in [0.15, 0.2) is 0 Å². The van der Waals surface area contributed by atoms with Crippen LogP contribution >= 0.6 is 0 Å². The number of aliphatic hydroxyl groups excluding tert-OH is 1. The fourth-order valence-electron chi connectivity index (χ4n) is 2.23. The van der Waals surface area contributed by atoms with Crippen LogP contribution in [-0.4, -0.2) is 27.8 Å². The first-order valence-electron chi connectivity index (χ1n) is 7.04. The number of benzene rings is 1. The molecule has 2 atom stereocenters. The molecule has 118 valence electrons. The van der Waals surface area contributed by atoms with Crippen molar-refractivity contribution < 1.29 is 19.4 Å². The summed E-state index contributed by atoms with van der Waals surface area (Å²) >= 11 is 0. The predicted octanol–water partition coefficient (Wildman–Crippen LogP) is 2.79. The van der Waals surface area contributed by atoms with Crippen molar-refractivity contribution in [2.45, 2.75) is 58.2 Å². The van der Waals surface area contributed by atoms with E-state index in [0.717, 1.165) is 0 Å². The number of carboxylic acids is 1. The minimum Gasteiger partial charge on any atom is -0.481 e. The summed E-state index contributed by atoms with van der Waals surface area (Å²) in [5.41, 5.74) is 0.777. The Morgan fingerprint density at radius 2 is 2.00 bits per heavy atom. The number of aliphatic carboxylic acids is 1. The first kappa shape index (κ1) is 17.6. The van der Waals surface area contributed by atoms with Gasteiger partial charge in [0.25, 0.3) is 0 Å². The number of aliphatic hydroxyl groups is 1. The minimum atomic E-state index is -0.904. The van der Waals surface area contributed by atoms with Gasteiger partial charge in [-0.15, -0.1) is 0 Å². The molecule has 0 aliphatic carbocycles. The molecule has 1 rings (SSSR count). The minimum absolute atomic E-state index is 0.0367. The highest BCUT2D eigenvalue weighted by molar-refractivity contribution is 5.66. The molecule has 1 aromatic rings. The second-order valence-corrected chi connectivity index (χ2v) is 6.39. The number of rotatable bonds is 6. The lowest BCUT2D eigenvalue weighted by Crippen LogP contribution is -2.46. The Kier molecular flexibility index (Phi) is 5.87. The van der Waals surface area contributed by atoms with E-state index in [2.05, 4.69) is 5.32 Å². The molecule has 3 N–H and O–H groups in total. The quantitative estimate of drug-likeness (QED) is 0.755. The molecular weight excluding hydrogens is 273 g/mol. The maximum Gasteiger partial charge on any atom is 0.303 e. The highest BCUT2D eigenvalue weighted by atomic mass is 19.1. The van der Waals surface area contributed by atoms with Crippen molar-refractivity contribution in [3.8, 4) is 0 Å². The highest BCUT2D eigenvalue weighted by Crippen LogP contribution is 2.24. The molecule has 0 fully saturated rings. The van der Waals surface area contributed by atoms with Gasteiger partial charge in [0.2, 0.25) is 0 Å². The van der Waals surface area contributed by atoms with Crippen LogP contribution in [0.3, 0.4) is 0 Å². The summed E-state index contributed by atoms with van der Waals surface area (Å²) in [6, 6.07) is 4.04. The largest absolute Gasteiger partial charge is 0.481 e. The number of carboxylic acid groups (broad SMARTS) is 1. The number of hydrogen-bond acceptors (Lipinski definition) is 3. The van der Waals surface area contributed by atoms with Crippen LogP contribution < -0.4 is 5.32 Å². The molecule has 0 spiro atoms. The molecule has 5 heteroatoms. The second-order valence-electron chi connectivity index (χ2n) is 6.39. The van der Waals surface area contributed by atoms with Crippen LogP contribution in [0.1, 0.15) is 50.8 Å². The van der Waals surface area contributed by atoms with E-state index in [9.17, 15) is 14.3 Å². The van der Waals surface area contributed by atoms with Gasteiger partial charge < -0.3 is 15.5 Å². The Morgan fingerprint density at radius 1 is 1.38 bits per heavy atom. The maximum absolute atomic E-state index is 13.3.